The summed E-state index contributed by atoms with van der Waals surface area (Å²) in [7, 11) is 0. The molecule has 0 radical (unpaired) electrons. The van der Waals surface area contributed by atoms with Crippen LogP contribution in [0.1, 0.15) is 18.4 Å². The summed E-state index contributed by atoms with van der Waals surface area (Å²) in [5, 5.41) is 3.83. The van der Waals surface area contributed by atoms with Gasteiger partial charge in [0.15, 0.2) is 0 Å². The minimum atomic E-state index is -0.678. The molecule has 0 unspecified atom stereocenters. The number of aromatic amines is 1. The summed E-state index contributed by atoms with van der Waals surface area (Å²) in [5.74, 6) is 0.329. The van der Waals surface area contributed by atoms with Gasteiger partial charge in [0.1, 0.15) is 23.6 Å². The van der Waals surface area contributed by atoms with Crippen molar-refractivity contribution in [1.82, 2.24) is 15.0 Å². The quantitative estimate of drug-likeness (QED) is 0.644. The normalized spacial score (nSPS) is 16.3. The number of nitrogens with zero attached hydrogens (tertiary/aromatic N) is 3. The third-order valence-corrected chi connectivity index (χ3v) is 5.62. The van der Waals surface area contributed by atoms with E-state index in [2.05, 4.69) is 25.2 Å². The van der Waals surface area contributed by atoms with E-state index in [0.29, 0.717) is 31.6 Å². The lowest BCUT2D eigenvalue weighted by Crippen LogP contribution is -2.50. The van der Waals surface area contributed by atoms with E-state index in [1.807, 2.05) is 13.1 Å². The molecule has 146 valence electrons. The highest BCUT2D eigenvalue weighted by molar-refractivity contribution is 5.96. The van der Waals surface area contributed by atoms with Crippen molar-refractivity contribution >= 4 is 28.4 Å². The molecule has 4 N–H and O–H groups in total. The maximum atomic E-state index is 13.4. The Morgan fingerprint density at radius 2 is 2.14 bits per heavy atom. The Morgan fingerprint density at radius 3 is 2.86 bits per heavy atom. The molecule has 1 fully saturated rings. The van der Waals surface area contributed by atoms with E-state index >= 15 is 0 Å². The third kappa shape index (κ3) is 3.20. The number of piperidine rings is 1. The summed E-state index contributed by atoms with van der Waals surface area (Å²) in [5.41, 5.74) is 7.68. The van der Waals surface area contributed by atoms with Crippen molar-refractivity contribution in [3.8, 4) is 0 Å². The first-order chi connectivity index (χ1) is 13.5. The van der Waals surface area contributed by atoms with Crippen molar-refractivity contribution in [2.75, 3.05) is 29.9 Å². The first-order valence-corrected chi connectivity index (χ1v) is 9.33. The largest absolute Gasteiger partial charge is 0.356 e. The molecule has 1 aliphatic rings. The average Bonchev–Trinajstić information content (AvgIpc) is 3.09. The monoisotopic (exact) mass is 382 g/mol. The van der Waals surface area contributed by atoms with Crippen LogP contribution in [0.15, 0.2) is 36.8 Å². The number of benzene rings is 1. The number of hydrogen-bond donors (Lipinski definition) is 3. The van der Waals surface area contributed by atoms with Gasteiger partial charge in [-0.3, -0.25) is 4.79 Å². The lowest BCUT2D eigenvalue weighted by Gasteiger charge is -2.40. The molecule has 8 heteroatoms. The zero-order valence-electron chi connectivity index (χ0n) is 15.7. The van der Waals surface area contributed by atoms with Crippen molar-refractivity contribution in [1.29, 1.82) is 0 Å². The molecule has 0 spiro atoms. The van der Waals surface area contributed by atoms with E-state index in [1.54, 1.807) is 18.5 Å². The highest BCUT2D eigenvalue weighted by atomic mass is 19.1. The molecule has 1 aliphatic heterocycles. The predicted molar refractivity (Wildman–Crippen MR) is 107 cm³/mol. The molecular formula is C20H23FN6O. The average molecular weight is 382 g/mol. The van der Waals surface area contributed by atoms with Gasteiger partial charge in [-0.2, -0.15) is 0 Å². The molecular weight excluding hydrogens is 359 g/mol. The van der Waals surface area contributed by atoms with Crippen molar-refractivity contribution < 1.29 is 9.18 Å². The Balaban J connectivity index is 1.52. The van der Waals surface area contributed by atoms with Crippen LogP contribution in [0.3, 0.4) is 0 Å². The van der Waals surface area contributed by atoms with Crippen molar-refractivity contribution in [3.05, 3.63) is 48.2 Å². The Kier molecular flexibility index (Phi) is 4.72. The lowest BCUT2D eigenvalue weighted by molar-refractivity contribution is -0.126. The second-order valence-corrected chi connectivity index (χ2v) is 7.33. The highest BCUT2D eigenvalue weighted by Gasteiger charge is 2.41. The number of hydrogen-bond acceptors (Lipinski definition) is 5. The molecule has 3 aromatic rings. The van der Waals surface area contributed by atoms with E-state index in [1.165, 1.54) is 12.1 Å². The van der Waals surface area contributed by atoms with Gasteiger partial charge in [0.05, 0.1) is 10.8 Å². The number of halogens is 1. The summed E-state index contributed by atoms with van der Waals surface area (Å²) in [6.07, 6.45) is 4.66. The minimum Gasteiger partial charge on any atom is -0.356 e. The number of carbonyl (C=O) groups is 1. The fourth-order valence-corrected chi connectivity index (χ4v) is 3.84. The van der Waals surface area contributed by atoms with E-state index < -0.39 is 5.41 Å². The number of amides is 1. The molecule has 0 atom stereocenters. The van der Waals surface area contributed by atoms with Gasteiger partial charge in [-0.25, -0.2) is 14.4 Å². The standard InChI is InChI=1S/C20H23FN6O/c1-13-10-23-17-16(13)18(25-12-24-17)27-7-5-20(11-22,6-8-27)19(28)26-15-4-2-3-14(21)9-15/h2-4,9-10,12H,5-8,11,22H2,1H3,(H,26,28)(H,23,24,25). The van der Waals surface area contributed by atoms with Gasteiger partial charge in [0, 0.05) is 31.5 Å². The molecule has 7 nitrogen and oxygen atoms in total. The van der Waals surface area contributed by atoms with E-state index in [-0.39, 0.29) is 18.3 Å². The van der Waals surface area contributed by atoms with Gasteiger partial charge in [0.2, 0.25) is 5.91 Å². The van der Waals surface area contributed by atoms with Crippen molar-refractivity contribution in [3.63, 3.8) is 0 Å². The van der Waals surface area contributed by atoms with Crippen molar-refractivity contribution in [2.45, 2.75) is 19.8 Å². The van der Waals surface area contributed by atoms with Gasteiger partial charge in [0.25, 0.3) is 0 Å². The molecule has 1 aromatic carbocycles. The van der Waals surface area contributed by atoms with Gasteiger partial charge in [-0.1, -0.05) is 6.07 Å². The Bertz CT molecular complexity index is 1010. The molecule has 28 heavy (non-hydrogen) atoms. The number of nitrogens with one attached hydrogen (secondary N) is 2. The highest BCUT2D eigenvalue weighted by Crippen LogP contribution is 2.35. The number of fused-ring (bicyclic) bond motifs is 1. The number of aromatic nitrogens is 3. The summed E-state index contributed by atoms with van der Waals surface area (Å²) in [6.45, 7) is 3.58. The van der Waals surface area contributed by atoms with Crippen LogP contribution in [0.5, 0.6) is 0 Å². The lowest BCUT2D eigenvalue weighted by atomic mass is 9.77. The number of rotatable bonds is 4. The number of aryl methyl sites for hydroxylation is 1. The molecule has 4 rings (SSSR count). The number of anilines is 2. The maximum Gasteiger partial charge on any atom is 0.232 e. The second-order valence-electron chi connectivity index (χ2n) is 7.33. The summed E-state index contributed by atoms with van der Waals surface area (Å²) in [4.78, 5) is 27.0. The van der Waals surface area contributed by atoms with Crippen LogP contribution in [-0.2, 0) is 4.79 Å². The third-order valence-electron chi connectivity index (χ3n) is 5.62. The zero-order chi connectivity index (χ0) is 19.7. The number of nitrogens with two attached hydrogens (primary N) is 1. The molecule has 1 saturated heterocycles. The Hall–Kier alpha value is -3.00. The predicted octanol–water partition coefficient (Wildman–Crippen LogP) is 2.59. The summed E-state index contributed by atoms with van der Waals surface area (Å²) < 4.78 is 13.4. The van der Waals surface area contributed by atoms with Crippen LogP contribution in [0.25, 0.3) is 11.0 Å². The fourth-order valence-electron chi connectivity index (χ4n) is 3.84. The first-order valence-electron chi connectivity index (χ1n) is 9.33. The van der Waals surface area contributed by atoms with Gasteiger partial charge in [-0.05, 0) is 43.5 Å². The van der Waals surface area contributed by atoms with Gasteiger partial charge in [-0.15, -0.1) is 0 Å². The first kappa shape index (κ1) is 18.4. The second kappa shape index (κ2) is 7.20. The zero-order valence-corrected chi connectivity index (χ0v) is 15.7. The van der Waals surface area contributed by atoms with E-state index in [0.717, 1.165) is 22.4 Å². The van der Waals surface area contributed by atoms with E-state index in [4.69, 9.17) is 5.73 Å². The number of H-pyrrole nitrogens is 1. The van der Waals surface area contributed by atoms with Crippen LogP contribution in [0.2, 0.25) is 0 Å². The minimum absolute atomic E-state index is 0.161. The van der Waals surface area contributed by atoms with Crippen molar-refractivity contribution in [2.24, 2.45) is 11.1 Å². The fraction of sp³-hybridized carbons (Fsp3) is 0.350. The molecule has 0 aliphatic carbocycles. The summed E-state index contributed by atoms with van der Waals surface area (Å²) in [6, 6.07) is 5.90. The van der Waals surface area contributed by atoms with Gasteiger partial charge >= 0.3 is 0 Å². The van der Waals surface area contributed by atoms with Crippen LogP contribution < -0.4 is 16.0 Å². The molecule has 1 amide bonds. The van der Waals surface area contributed by atoms with E-state index in [9.17, 15) is 9.18 Å². The molecule has 0 bridgehead atoms. The van der Waals surface area contributed by atoms with Crippen LogP contribution in [0, 0.1) is 18.2 Å². The van der Waals surface area contributed by atoms with Crippen LogP contribution >= 0.6 is 0 Å². The molecule has 3 heterocycles. The maximum absolute atomic E-state index is 13.4. The SMILES string of the molecule is Cc1c[nH]c2ncnc(N3CCC(CN)(C(=O)Nc4cccc(F)c4)CC3)c12. The van der Waals surface area contributed by atoms with Crippen LogP contribution in [-0.4, -0.2) is 40.5 Å². The van der Waals surface area contributed by atoms with Gasteiger partial charge < -0.3 is 20.9 Å². The van der Waals surface area contributed by atoms with Crippen LogP contribution in [0.4, 0.5) is 15.9 Å². The Labute approximate surface area is 162 Å². The smallest absolute Gasteiger partial charge is 0.232 e. The topological polar surface area (TPSA) is 99.9 Å². The molecule has 2 aromatic heterocycles. The summed E-state index contributed by atoms with van der Waals surface area (Å²) >= 11 is 0. The number of carbonyl (C=O) groups excluding carboxylic acids is 1. The molecule has 0 saturated carbocycles. The Morgan fingerprint density at radius 1 is 1.36 bits per heavy atom.